The van der Waals surface area contributed by atoms with Crippen LogP contribution in [-0.2, 0) is 4.84 Å². The predicted octanol–water partition coefficient (Wildman–Crippen LogP) is 3.85. The Hall–Kier alpha value is -3.74. The van der Waals surface area contributed by atoms with Crippen molar-refractivity contribution in [2.75, 3.05) is 5.32 Å². The molecule has 3 rings (SSSR count). The number of carbonyl (C=O) groups is 1. The Kier molecular flexibility index (Phi) is 5.30. The third kappa shape index (κ3) is 5.14. The van der Waals surface area contributed by atoms with E-state index < -0.39 is 6.09 Å². The van der Waals surface area contributed by atoms with E-state index in [1.54, 1.807) is 61.1 Å². The number of benzene rings is 1. The number of pyridine rings is 2. The maximum absolute atomic E-state index is 11.7. The molecule has 25 heavy (non-hydrogen) atoms. The van der Waals surface area contributed by atoms with Crippen molar-refractivity contribution in [2.24, 2.45) is 5.16 Å². The number of anilines is 1. The van der Waals surface area contributed by atoms with Crippen molar-refractivity contribution < 1.29 is 14.4 Å². The van der Waals surface area contributed by atoms with Crippen molar-refractivity contribution in [1.82, 2.24) is 9.97 Å². The topological polar surface area (TPSA) is 85.7 Å². The number of oxime groups is 1. The van der Waals surface area contributed by atoms with Crippen molar-refractivity contribution >= 4 is 18.0 Å². The highest BCUT2D eigenvalue weighted by atomic mass is 16.7. The molecular weight excluding hydrogens is 320 g/mol. The smallest absolute Gasteiger partial charge is 0.437 e. The van der Waals surface area contributed by atoms with E-state index in [9.17, 15) is 4.79 Å². The lowest BCUT2D eigenvalue weighted by Gasteiger charge is -2.06. The summed E-state index contributed by atoms with van der Waals surface area (Å²) < 4.78 is 5.57. The highest BCUT2D eigenvalue weighted by molar-refractivity contribution is 5.85. The maximum atomic E-state index is 11.7. The number of rotatable bonds is 5. The molecule has 0 aliphatic carbocycles. The third-order valence-electron chi connectivity index (χ3n) is 2.98. The molecule has 0 fully saturated rings. The first kappa shape index (κ1) is 16.1. The lowest BCUT2D eigenvalue weighted by Crippen LogP contribution is -2.10. The van der Waals surface area contributed by atoms with Crippen LogP contribution in [0.4, 0.5) is 10.5 Å². The van der Waals surface area contributed by atoms with Crippen molar-refractivity contribution in [1.29, 1.82) is 0 Å². The van der Waals surface area contributed by atoms with Gasteiger partial charge >= 0.3 is 6.09 Å². The fraction of sp³-hybridized carbons (Fsp3) is 0. The van der Waals surface area contributed by atoms with E-state index in [-0.39, 0.29) is 0 Å². The first-order chi connectivity index (χ1) is 12.3. The van der Waals surface area contributed by atoms with Gasteiger partial charge in [-0.2, -0.15) is 0 Å². The third-order valence-corrected chi connectivity index (χ3v) is 2.98. The first-order valence-corrected chi connectivity index (χ1v) is 7.40. The molecule has 0 radical (unpaired) electrons. The normalized spacial score (nSPS) is 10.4. The lowest BCUT2D eigenvalue weighted by atomic mass is 10.3. The van der Waals surface area contributed by atoms with Crippen molar-refractivity contribution in [3.63, 3.8) is 0 Å². The number of ether oxygens (including phenoxy) is 1. The first-order valence-electron chi connectivity index (χ1n) is 7.40. The second-order valence-electron chi connectivity index (χ2n) is 4.82. The van der Waals surface area contributed by atoms with Crippen LogP contribution in [-0.4, -0.2) is 22.3 Å². The molecule has 0 aliphatic rings. The summed E-state index contributed by atoms with van der Waals surface area (Å²) in [6.07, 6.45) is 5.60. The van der Waals surface area contributed by atoms with Gasteiger partial charge in [-0.3, -0.25) is 15.1 Å². The zero-order valence-corrected chi connectivity index (χ0v) is 13.1. The number of aromatic nitrogens is 2. The summed E-state index contributed by atoms with van der Waals surface area (Å²) in [4.78, 5) is 24.4. The van der Waals surface area contributed by atoms with Gasteiger partial charge in [0.1, 0.15) is 5.75 Å². The lowest BCUT2D eigenvalue weighted by molar-refractivity contribution is 0.167. The minimum atomic E-state index is -0.696. The summed E-state index contributed by atoms with van der Waals surface area (Å²) >= 11 is 0. The Bertz CT molecular complexity index is 837. The van der Waals surface area contributed by atoms with Gasteiger partial charge in [0.25, 0.3) is 0 Å². The quantitative estimate of drug-likeness (QED) is 0.435. The summed E-state index contributed by atoms with van der Waals surface area (Å²) in [7, 11) is 0. The molecule has 0 atom stereocenters. The molecule has 1 aromatic carbocycles. The zero-order chi connectivity index (χ0) is 17.3. The Balaban J connectivity index is 1.51. The molecule has 0 aliphatic heterocycles. The highest BCUT2D eigenvalue weighted by Crippen LogP contribution is 2.21. The van der Waals surface area contributed by atoms with Gasteiger partial charge in [-0.05, 0) is 36.4 Å². The van der Waals surface area contributed by atoms with Gasteiger partial charge in [-0.15, -0.1) is 0 Å². The van der Waals surface area contributed by atoms with E-state index in [2.05, 4.69) is 20.4 Å². The number of carbonyl (C=O) groups excluding carboxylic acids is 1. The SMILES string of the molecule is O=C(Nc1ccc(Oc2ccccn2)cc1)ON=Cc1cccnc1. The fourth-order valence-corrected chi connectivity index (χ4v) is 1.86. The molecular formula is C18H14N4O3. The van der Waals surface area contributed by atoms with E-state index in [0.717, 1.165) is 5.56 Å². The van der Waals surface area contributed by atoms with Crippen LogP contribution in [0.3, 0.4) is 0 Å². The fourth-order valence-electron chi connectivity index (χ4n) is 1.86. The Morgan fingerprint density at radius 1 is 1.04 bits per heavy atom. The molecule has 0 spiro atoms. The second kappa shape index (κ2) is 8.21. The molecule has 0 saturated heterocycles. The van der Waals surface area contributed by atoms with Crippen molar-refractivity contribution in [3.8, 4) is 11.6 Å². The molecule has 0 bridgehead atoms. The van der Waals surface area contributed by atoms with Crippen LogP contribution in [0.25, 0.3) is 0 Å². The van der Waals surface area contributed by atoms with E-state index >= 15 is 0 Å². The van der Waals surface area contributed by atoms with Crippen molar-refractivity contribution in [2.45, 2.75) is 0 Å². The summed E-state index contributed by atoms with van der Waals surface area (Å²) in [6, 6.07) is 15.7. The van der Waals surface area contributed by atoms with Gasteiger partial charge in [0.05, 0.1) is 6.21 Å². The highest BCUT2D eigenvalue weighted by Gasteiger charge is 2.03. The van der Waals surface area contributed by atoms with E-state index in [0.29, 0.717) is 17.3 Å². The molecule has 124 valence electrons. The molecule has 0 saturated carbocycles. The van der Waals surface area contributed by atoms with E-state index in [1.165, 1.54) is 6.21 Å². The number of hydrogen-bond donors (Lipinski definition) is 1. The number of hydrogen-bond acceptors (Lipinski definition) is 6. The van der Waals surface area contributed by atoms with Gasteiger partial charge in [0.15, 0.2) is 0 Å². The van der Waals surface area contributed by atoms with Crippen molar-refractivity contribution in [3.05, 3.63) is 78.8 Å². The maximum Gasteiger partial charge on any atom is 0.437 e. The molecule has 3 aromatic rings. The summed E-state index contributed by atoms with van der Waals surface area (Å²) in [6.45, 7) is 0. The van der Waals surface area contributed by atoms with Gasteiger partial charge < -0.3 is 4.74 Å². The largest absolute Gasteiger partial charge is 0.439 e. The second-order valence-corrected chi connectivity index (χ2v) is 4.82. The Morgan fingerprint density at radius 3 is 2.64 bits per heavy atom. The molecule has 2 aromatic heterocycles. The van der Waals surface area contributed by atoms with Gasteiger partial charge in [0, 0.05) is 35.9 Å². The van der Waals surface area contributed by atoms with Crippen LogP contribution in [0.15, 0.2) is 78.3 Å². The molecule has 1 N–H and O–H groups in total. The molecule has 0 unspecified atom stereocenters. The molecule has 1 amide bonds. The number of amides is 1. The molecule has 2 heterocycles. The molecule has 7 nitrogen and oxygen atoms in total. The average molecular weight is 334 g/mol. The minimum absolute atomic E-state index is 0.493. The summed E-state index contributed by atoms with van der Waals surface area (Å²) in [5.41, 5.74) is 1.28. The standard InChI is InChI=1S/C18H14N4O3/c23-18(25-21-13-14-4-3-10-19-12-14)22-15-6-8-16(9-7-15)24-17-5-1-2-11-20-17/h1-13H,(H,22,23). The average Bonchev–Trinajstić information content (AvgIpc) is 2.65. The van der Waals surface area contributed by atoms with Gasteiger partial charge in [-0.25, -0.2) is 9.78 Å². The van der Waals surface area contributed by atoms with Gasteiger partial charge in [0.2, 0.25) is 5.88 Å². The monoisotopic (exact) mass is 334 g/mol. The van der Waals surface area contributed by atoms with Crippen LogP contribution in [0.1, 0.15) is 5.56 Å². The van der Waals surface area contributed by atoms with Crippen LogP contribution >= 0.6 is 0 Å². The predicted molar refractivity (Wildman–Crippen MR) is 92.7 cm³/mol. The zero-order valence-electron chi connectivity index (χ0n) is 13.1. The van der Waals surface area contributed by atoms with Crippen LogP contribution in [0, 0.1) is 0 Å². The van der Waals surface area contributed by atoms with Crippen LogP contribution < -0.4 is 10.1 Å². The van der Waals surface area contributed by atoms with E-state index in [4.69, 9.17) is 9.57 Å². The summed E-state index contributed by atoms with van der Waals surface area (Å²) in [5, 5.41) is 6.16. The Labute approximate surface area is 144 Å². The van der Waals surface area contributed by atoms with Crippen LogP contribution in [0.2, 0.25) is 0 Å². The Morgan fingerprint density at radius 2 is 1.92 bits per heavy atom. The molecule has 7 heteroatoms. The van der Waals surface area contributed by atoms with Gasteiger partial charge in [-0.1, -0.05) is 17.3 Å². The van der Waals surface area contributed by atoms with E-state index in [1.807, 2.05) is 12.1 Å². The minimum Gasteiger partial charge on any atom is -0.439 e. The number of nitrogens with zero attached hydrogens (tertiary/aromatic N) is 3. The number of nitrogens with one attached hydrogen (secondary N) is 1. The summed E-state index contributed by atoms with van der Waals surface area (Å²) in [5.74, 6) is 1.10. The van der Waals surface area contributed by atoms with Crippen LogP contribution in [0.5, 0.6) is 11.6 Å².